The molecule has 0 fully saturated rings. The number of carbonyl (C=O) groups is 1. The summed E-state index contributed by atoms with van der Waals surface area (Å²) < 4.78 is 5.38. The maximum Gasteiger partial charge on any atom is 0.277 e. The van der Waals surface area contributed by atoms with Crippen molar-refractivity contribution < 1.29 is 9.53 Å². The van der Waals surface area contributed by atoms with Crippen LogP contribution in [0.1, 0.15) is 26.7 Å². The standard InChI is InChI=1S/C18H22N2O2/c1-13(2)15-10-9-14(3)17(11-15)19-20-18(21)12-22-16-7-5-4-6-8-16/h4-9,15H,1,10-12H2,2-3H3,(H,20,21)/t15-/m1/s1. The average Bonchev–Trinajstić information content (AvgIpc) is 2.53. The van der Waals surface area contributed by atoms with Gasteiger partial charge in [0.1, 0.15) is 5.75 Å². The first-order chi connectivity index (χ1) is 10.6. The Bertz CT molecular complexity index is 603. The molecule has 1 aromatic carbocycles. The van der Waals surface area contributed by atoms with Gasteiger partial charge in [-0.15, -0.1) is 0 Å². The summed E-state index contributed by atoms with van der Waals surface area (Å²) in [4.78, 5) is 11.8. The highest BCUT2D eigenvalue weighted by molar-refractivity contribution is 6.01. The van der Waals surface area contributed by atoms with Crippen molar-refractivity contribution in [3.8, 4) is 5.75 Å². The molecule has 1 atom stereocenters. The van der Waals surface area contributed by atoms with Crippen LogP contribution in [-0.2, 0) is 4.79 Å². The third-order valence-electron chi connectivity index (χ3n) is 3.73. The molecular weight excluding hydrogens is 276 g/mol. The van der Waals surface area contributed by atoms with Gasteiger partial charge in [0.25, 0.3) is 5.91 Å². The van der Waals surface area contributed by atoms with Crippen LogP contribution in [0.4, 0.5) is 0 Å². The molecule has 4 nitrogen and oxygen atoms in total. The summed E-state index contributed by atoms with van der Waals surface area (Å²) in [6.45, 7) is 8.00. The summed E-state index contributed by atoms with van der Waals surface area (Å²) in [6, 6.07) is 9.24. The summed E-state index contributed by atoms with van der Waals surface area (Å²) in [5.74, 6) is 0.808. The molecule has 0 unspecified atom stereocenters. The van der Waals surface area contributed by atoms with E-state index in [-0.39, 0.29) is 12.5 Å². The highest BCUT2D eigenvalue weighted by Gasteiger charge is 2.18. The molecule has 22 heavy (non-hydrogen) atoms. The number of para-hydroxylation sites is 1. The fraction of sp³-hybridized carbons (Fsp3) is 0.333. The maximum atomic E-state index is 11.8. The molecule has 1 aliphatic carbocycles. The van der Waals surface area contributed by atoms with E-state index < -0.39 is 0 Å². The number of benzene rings is 1. The Balaban J connectivity index is 1.87. The summed E-state index contributed by atoms with van der Waals surface area (Å²) in [5, 5.41) is 4.24. The molecule has 1 aromatic rings. The molecule has 0 aliphatic heterocycles. The Morgan fingerprint density at radius 2 is 2.14 bits per heavy atom. The smallest absolute Gasteiger partial charge is 0.277 e. The van der Waals surface area contributed by atoms with E-state index >= 15 is 0 Å². The minimum Gasteiger partial charge on any atom is -0.484 e. The average molecular weight is 298 g/mol. The van der Waals surface area contributed by atoms with Gasteiger partial charge in [-0.1, -0.05) is 36.4 Å². The van der Waals surface area contributed by atoms with Crippen LogP contribution in [0, 0.1) is 5.92 Å². The fourth-order valence-corrected chi connectivity index (χ4v) is 2.25. The van der Waals surface area contributed by atoms with Crippen LogP contribution in [-0.4, -0.2) is 18.2 Å². The third-order valence-corrected chi connectivity index (χ3v) is 3.73. The summed E-state index contributed by atoms with van der Waals surface area (Å²) in [5.41, 5.74) is 5.74. The van der Waals surface area contributed by atoms with Crippen molar-refractivity contribution in [2.24, 2.45) is 11.0 Å². The number of amides is 1. The lowest BCUT2D eigenvalue weighted by Gasteiger charge is -2.22. The van der Waals surface area contributed by atoms with E-state index in [2.05, 4.69) is 23.2 Å². The molecular formula is C18H22N2O2. The predicted molar refractivity (Wildman–Crippen MR) is 88.8 cm³/mol. The highest BCUT2D eigenvalue weighted by atomic mass is 16.5. The van der Waals surface area contributed by atoms with Gasteiger partial charge in [0.05, 0.1) is 5.71 Å². The lowest BCUT2D eigenvalue weighted by Crippen LogP contribution is -2.27. The number of allylic oxidation sites excluding steroid dienone is 3. The fourth-order valence-electron chi connectivity index (χ4n) is 2.25. The van der Waals surface area contributed by atoms with Crippen LogP contribution in [0.5, 0.6) is 5.75 Å². The van der Waals surface area contributed by atoms with Crippen LogP contribution in [0.3, 0.4) is 0 Å². The van der Waals surface area contributed by atoms with E-state index in [1.54, 1.807) is 0 Å². The van der Waals surface area contributed by atoms with Gasteiger partial charge >= 0.3 is 0 Å². The molecule has 0 saturated heterocycles. The second-order valence-corrected chi connectivity index (χ2v) is 5.57. The van der Waals surface area contributed by atoms with Gasteiger partial charge in [0.2, 0.25) is 0 Å². The molecule has 1 N–H and O–H groups in total. The molecule has 0 aromatic heterocycles. The maximum absolute atomic E-state index is 11.8. The number of hydrazone groups is 1. The molecule has 1 aliphatic rings. The molecule has 1 amide bonds. The Morgan fingerprint density at radius 1 is 1.41 bits per heavy atom. The van der Waals surface area contributed by atoms with Gasteiger partial charge < -0.3 is 4.74 Å². The number of nitrogens with one attached hydrogen (secondary N) is 1. The Morgan fingerprint density at radius 3 is 2.82 bits per heavy atom. The number of hydrogen-bond donors (Lipinski definition) is 1. The van der Waals surface area contributed by atoms with E-state index in [1.807, 2.05) is 44.2 Å². The van der Waals surface area contributed by atoms with E-state index in [0.717, 1.165) is 29.7 Å². The Kier molecular flexibility index (Phi) is 5.53. The zero-order valence-electron chi connectivity index (χ0n) is 13.1. The summed E-state index contributed by atoms with van der Waals surface area (Å²) in [6.07, 6.45) is 3.96. The van der Waals surface area contributed by atoms with Gasteiger partial charge in [-0.25, -0.2) is 5.43 Å². The molecule has 0 bridgehead atoms. The minimum atomic E-state index is -0.262. The van der Waals surface area contributed by atoms with Gasteiger partial charge in [0.15, 0.2) is 6.61 Å². The molecule has 2 rings (SSSR count). The van der Waals surface area contributed by atoms with Gasteiger partial charge in [-0.3, -0.25) is 4.79 Å². The first kappa shape index (κ1) is 16.0. The number of rotatable bonds is 5. The van der Waals surface area contributed by atoms with Gasteiger partial charge in [-0.05, 0) is 50.3 Å². The van der Waals surface area contributed by atoms with Crippen molar-refractivity contribution >= 4 is 11.6 Å². The first-order valence-corrected chi connectivity index (χ1v) is 7.42. The topological polar surface area (TPSA) is 50.7 Å². The lowest BCUT2D eigenvalue weighted by atomic mass is 9.85. The zero-order valence-corrected chi connectivity index (χ0v) is 13.1. The second kappa shape index (κ2) is 7.59. The third kappa shape index (κ3) is 4.58. The second-order valence-electron chi connectivity index (χ2n) is 5.57. The van der Waals surface area contributed by atoms with E-state index in [4.69, 9.17) is 4.74 Å². The van der Waals surface area contributed by atoms with Crippen LogP contribution >= 0.6 is 0 Å². The van der Waals surface area contributed by atoms with Crippen molar-refractivity contribution in [3.63, 3.8) is 0 Å². The number of ether oxygens (including phenoxy) is 1. The quantitative estimate of drug-likeness (QED) is 0.668. The Hall–Kier alpha value is -2.36. The molecule has 116 valence electrons. The first-order valence-electron chi connectivity index (χ1n) is 7.42. The van der Waals surface area contributed by atoms with Gasteiger partial charge in [0, 0.05) is 0 Å². The molecule has 0 radical (unpaired) electrons. The largest absolute Gasteiger partial charge is 0.484 e. The predicted octanol–water partition coefficient (Wildman–Crippen LogP) is 3.47. The molecule has 0 saturated carbocycles. The molecule has 0 heterocycles. The van der Waals surface area contributed by atoms with Crippen LogP contribution in [0.25, 0.3) is 0 Å². The van der Waals surface area contributed by atoms with Crippen molar-refractivity contribution in [2.45, 2.75) is 26.7 Å². The van der Waals surface area contributed by atoms with Gasteiger partial charge in [-0.2, -0.15) is 5.10 Å². The SMILES string of the molecule is C=C(C)[C@@H]1CC=C(C)C(=NNC(=O)COc2ccccc2)C1. The number of carbonyl (C=O) groups excluding carboxylic acids is 1. The lowest BCUT2D eigenvalue weighted by molar-refractivity contribution is -0.123. The Labute approximate surface area is 131 Å². The number of hydrogen-bond acceptors (Lipinski definition) is 3. The molecule has 4 heteroatoms. The summed E-state index contributed by atoms with van der Waals surface area (Å²) in [7, 11) is 0. The van der Waals surface area contributed by atoms with Crippen molar-refractivity contribution in [3.05, 3.63) is 54.1 Å². The normalized spacial score (nSPS) is 19.5. The van der Waals surface area contributed by atoms with Crippen molar-refractivity contribution in [1.29, 1.82) is 0 Å². The summed E-state index contributed by atoms with van der Waals surface area (Å²) >= 11 is 0. The van der Waals surface area contributed by atoms with E-state index in [0.29, 0.717) is 11.7 Å². The van der Waals surface area contributed by atoms with E-state index in [9.17, 15) is 4.79 Å². The van der Waals surface area contributed by atoms with E-state index in [1.165, 1.54) is 0 Å². The van der Waals surface area contributed by atoms with Crippen LogP contribution in [0.2, 0.25) is 0 Å². The zero-order chi connectivity index (χ0) is 15.9. The number of nitrogens with zero attached hydrogens (tertiary/aromatic N) is 1. The molecule has 0 spiro atoms. The minimum absolute atomic E-state index is 0.0481. The highest BCUT2D eigenvalue weighted by Crippen LogP contribution is 2.26. The van der Waals surface area contributed by atoms with Crippen LogP contribution in [0.15, 0.2) is 59.2 Å². The monoisotopic (exact) mass is 298 g/mol. The van der Waals surface area contributed by atoms with Crippen LogP contribution < -0.4 is 10.2 Å². The van der Waals surface area contributed by atoms with Crippen molar-refractivity contribution in [2.75, 3.05) is 6.61 Å². The van der Waals surface area contributed by atoms with Crippen molar-refractivity contribution in [1.82, 2.24) is 5.43 Å².